The SMILES string of the molecule is Cc1sc(NC(=O)c2ccccc2)c([C@H](c2cccs2)[NH+]2CCOCC2)c1C. The molecule has 1 atom stereocenters. The van der Waals surface area contributed by atoms with E-state index in [9.17, 15) is 4.79 Å². The molecule has 1 amide bonds. The molecule has 4 nitrogen and oxygen atoms in total. The number of morpholine rings is 1. The second kappa shape index (κ2) is 8.57. The third-order valence-electron chi connectivity index (χ3n) is 5.35. The summed E-state index contributed by atoms with van der Waals surface area (Å²) in [4.78, 5) is 16.9. The molecule has 0 radical (unpaired) electrons. The Morgan fingerprint density at radius 1 is 1.11 bits per heavy atom. The van der Waals surface area contributed by atoms with Gasteiger partial charge in [-0.15, -0.1) is 22.7 Å². The molecule has 28 heavy (non-hydrogen) atoms. The van der Waals surface area contributed by atoms with Crippen LogP contribution in [0.2, 0.25) is 0 Å². The van der Waals surface area contributed by atoms with E-state index in [1.807, 2.05) is 30.3 Å². The summed E-state index contributed by atoms with van der Waals surface area (Å²) in [5.41, 5.74) is 3.22. The average Bonchev–Trinajstić information content (AvgIpc) is 3.34. The quantitative estimate of drug-likeness (QED) is 0.670. The minimum atomic E-state index is -0.0509. The molecular weight excluding hydrogens is 388 g/mol. The normalized spacial score (nSPS) is 16.1. The topological polar surface area (TPSA) is 42.8 Å². The molecule has 2 N–H and O–H groups in total. The number of carbonyl (C=O) groups excluding carboxylic acids is 1. The van der Waals surface area contributed by atoms with Crippen molar-refractivity contribution in [1.82, 2.24) is 0 Å². The van der Waals surface area contributed by atoms with E-state index in [2.05, 4.69) is 36.7 Å². The third kappa shape index (κ3) is 3.91. The molecule has 0 bridgehead atoms. The Balaban J connectivity index is 1.73. The van der Waals surface area contributed by atoms with Crippen molar-refractivity contribution in [2.24, 2.45) is 0 Å². The summed E-state index contributed by atoms with van der Waals surface area (Å²) in [5.74, 6) is -0.0509. The van der Waals surface area contributed by atoms with E-state index >= 15 is 0 Å². The van der Waals surface area contributed by atoms with Crippen molar-refractivity contribution in [3.63, 3.8) is 0 Å². The molecule has 0 saturated carbocycles. The monoisotopic (exact) mass is 413 g/mol. The Morgan fingerprint density at radius 3 is 2.54 bits per heavy atom. The molecule has 3 heterocycles. The highest BCUT2D eigenvalue weighted by Crippen LogP contribution is 2.39. The molecule has 3 aromatic rings. The lowest BCUT2D eigenvalue weighted by molar-refractivity contribution is -0.932. The number of ether oxygens (including phenoxy) is 1. The van der Waals surface area contributed by atoms with Gasteiger partial charge in [0.15, 0.2) is 6.04 Å². The Labute approximate surface area is 173 Å². The molecule has 0 aliphatic carbocycles. The van der Waals surface area contributed by atoms with Crippen LogP contribution in [0.1, 0.15) is 37.3 Å². The van der Waals surface area contributed by atoms with E-state index in [1.54, 1.807) is 22.7 Å². The van der Waals surface area contributed by atoms with Crippen molar-refractivity contribution < 1.29 is 14.4 Å². The van der Waals surface area contributed by atoms with Crippen LogP contribution in [0.25, 0.3) is 0 Å². The van der Waals surface area contributed by atoms with Gasteiger partial charge in [-0.2, -0.15) is 0 Å². The van der Waals surface area contributed by atoms with E-state index in [-0.39, 0.29) is 11.9 Å². The smallest absolute Gasteiger partial charge is 0.256 e. The summed E-state index contributed by atoms with van der Waals surface area (Å²) >= 11 is 3.47. The second-order valence-corrected chi connectivity index (χ2v) is 9.27. The lowest BCUT2D eigenvalue weighted by Crippen LogP contribution is -3.14. The lowest BCUT2D eigenvalue weighted by Gasteiger charge is -2.32. The van der Waals surface area contributed by atoms with Crippen LogP contribution in [0, 0.1) is 13.8 Å². The van der Waals surface area contributed by atoms with E-state index in [0.717, 1.165) is 31.3 Å². The molecule has 2 aromatic heterocycles. The zero-order valence-electron chi connectivity index (χ0n) is 16.2. The van der Waals surface area contributed by atoms with Crippen LogP contribution >= 0.6 is 22.7 Å². The molecule has 6 heteroatoms. The fourth-order valence-electron chi connectivity index (χ4n) is 3.78. The van der Waals surface area contributed by atoms with Crippen molar-refractivity contribution in [2.75, 3.05) is 31.6 Å². The summed E-state index contributed by atoms with van der Waals surface area (Å²) in [6.45, 7) is 7.84. The largest absolute Gasteiger partial charge is 0.370 e. The van der Waals surface area contributed by atoms with Gasteiger partial charge < -0.3 is 15.0 Å². The van der Waals surface area contributed by atoms with Crippen LogP contribution < -0.4 is 10.2 Å². The Kier molecular flexibility index (Phi) is 5.92. The predicted molar refractivity (Wildman–Crippen MR) is 116 cm³/mol. The number of benzene rings is 1. The summed E-state index contributed by atoms with van der Waals surface area (Å²) in [7, 11) is 0. The zero-order valence-corrected chi connectivity index (χ0v) is 17.8. The number of anilines is 1. The first-order chi connectivity index (χ1) is 13.6. The van der Waals surface area contributed by atoms with Gasteiger partial charge >= 0.3 is 0 Å². The fourth-order valence-corrected chi connectivity index (χ4v) is 5.76. The van der Waals surface area contributed by atoms with Crippen LogP contribution in [0.15, 0.2) is 47.8 Å². The number of thiophene rings is 2. The van der Waals surface area contributed by atoms with E-state index < -0.39 is 0 Å². The molecule has 1 saturated heterocycles. The number of carbonyl (C=O) groups is 1. The van der Waals surface area contributed by atoms with Gasteiger partial charge in [-0.1, -0.05) is 24.3 Å². The van der Waals surface area contributed by atoms with Crippen molar-refractivity contribution in [3.05, 3.63) is 74.3 Å². The van der Waals surface area contributed by atoms with Gasteiger partial charge in [-0.3, -0.25) is 4.79 Å². The minimum Gasteiger partial charge on any atom is -0.370 e. The lowest BCUT2D eigenvalue weighted by atomic mass is 10.00. The number of hydrogen-bond acceptors (Lipinski definition) is 4. The van der Waals surface area contributed by atoms with Gasteiger partial charge in [0.2, 0.25) is 0 Å². The van der Waals surface area contributed by atoms with Crippen molar-refractivity contribution in [3.8, 4) is 0 Å². The number of nitrogens with one attached hydrogen (secondary N) is 2. The van der Waals surface area contributed by atoms with Crippen LogP contribution in [-0.4, -0.2) is 32.2 Å². The molecule has 1 aromatic carbocycles. The van der Waals surface area contributed by atoms with Crippen molar-refractivity contribution >= 4 is 33.6 Å². The maximum atomic E-state index is 12.8. The van der Waals surface area contributed by atoms with Gasteiger partial charge in [-0.05, 0) is 43.0 Å². The number of aryl methyl sites for hydroxylation is 1. The van der Waals surface area contributed by atoms with Crippen LogP contribution in [0.3, 0.4) is 0 Å². The molecule has 146 valence electrons. The van der Waals surface area contributed by atoms with Gasteiger partial charge in [0, 0.05) is 10.4 Å². The first-order valence-electron chi connectivity index (χ1n) is 9.57. The summed E-state index contributed by atoms with van der Waals surface area (Å²) in [6.07, 6.45) is 0. The predicted octanol–water partition coefficient (Wildman–Crippen LogP) is 3.68. The zero-order chi connectivity index (χ0) is 19.5. The van der Waals surface area contributed by atoms with E-state index in [1.165, 1.54) is 25.8 Å². The molecule has 4 rings (SSSR count). The maximum absolute atomic E-state index is 12.8. The maximum Gasteiger partial charge on any atom is 0.256 e. The number of hydrogen-bond donors (Lipinski definition) is 2. The van der Waals surface area contributed by atoms with E-state index in [4.69, 9.17) is 4.74 Å². The Morgan fingerprint density at radius 2 is 1.86 bits per heavy atom. The van der Waals surface area contributed by atoms with Crippen molar-refractivity contribution in [1.29, 1.82) is 0 Å². The van der Waals surface area contributed by atoms with Crippen molar-refractivity contribution in [2.45, 2.75) is 19.9 Å². The van der Waals surface area contributed by atoms with Gasteiger partial charge in [0.05, 0.1) is 23.7 Å². The first-order valence-corrected chi connectivity index (χ1v) is 11.3. The van der Waals surface area contributed by atoms with Gasteiger partial charge in [0.1, 0.15) is 18.1 Å². The standard InChI is InChI=1S/C22H24N2O2S2/c1-15-16(2)28-22(23-21(25)17-7-4-3-5-8-17)19(15)20(18-9-6-14-27-18)24-10-12-26-13-11-24/h3-9,14,20H,10-13H2,1-2H3,(H,23,25)/p+1/t20-/m0/s1. The molecule has 1 fully saturated rings. The van der Waals surface area contributed by atoms with Crippen LogP contribution in [0.5, 0.6) is 0 Å². The van der Waals surface area contributed by atoms with Crippen LogP contribution in [0.4, 0.5) is 5.00 Å². The minimum absolute atomic E-state index is 0.0509. The molecule has 1 aliphatic heterocycles. The number of rotatable bonds is 5. The third-order valence-corrected chi connectivity index (χ3v) is 7.43. The Bertz CT molecular complexity index is 929. The summed E-state index contributed by atoms with van der Waals surface area (Å²) in [5, 5.41) is 6.32. The van der Waals surface area contributed by atoms with Crippen LogP contribution in [-0.2, 0) is 4.74 Å². The highest BCUT2D eigenvalue weighted by molar-refractivity contribution is 7.16. The molecular formula is C22H25N2O2S2+. The van der Waals surface area contributed by atoms with E-state index in [0.29, 0.717) is 5.56 Å². The highest BCUT2D eigenvalue weighted by Gasteiger charge is 2.34. The summed E-state index contributed by atoms with van der Waals surface area (Å²) < 4.78 is 5.61. The fraction of sp³-hybridized carbons (Fsp3) is 0.318. The average molecular weight is 414 g/mol. The molecule has 0 spiro atoms. The molecule has 0 unspecified atom stereocenters. The number of quaternary nitrogens is 1. The molecule has 1 aliphatic rings. The summed E-state index contributed by atoms with van der Waals surface area (Å²) in [6, 6.07) is 14.0. The Hall–Kier alpha value is -1.99. The first kappa shape index (κ1) is 19.3. The van der Waals surface area contributed by atoms with Gasteiger partial charge in [-0.25, -0.2) is 0 Å². The number of amides is 1. The van der Waals surface area contributed by atoms with Gasteiger partial charge in [0.25, 0.3) is 5.91 Å². The second-order valence-electron chi connectivity index (χ2n) is 7.07. The highest BCUT2D eigenvalue weighted by atomic mass is 32.1.